The molecule has 2 heterocycles. The van der Waals surface area contributed by atoms with Crippen LogP contribution in [0.25, 0.3) is 11.2 Å². The molecule has 0 unspecified atom stereocenters. The average Bonchev–Trinajstić information content (AvgIpc) is 2.63. The fourth-order valence-electron chi connectivity index (χ4n) is 1.59. The van der Waals surface area contributed by atoms with Crippen molar-refractivity contribution in [2.75, 3.05) is 5.88 Å². The van der Waals surface area contributed by atoms with Gasteiger partial charge in [-0.25, -0.2) is 9.97 Å². The molecule has 1 N–H and O–H groups in total. The van der Waals surface area contributed by atoms with Crippen molar-refractivity contribution in [3.63, 3.8) is 0 Å². The number of aromatic amines is 1. The van der Waals surface area contributed by atoms with Crippen LogP contribution in [0.15, 0.2) is 12.3 Å². The molecular weight excluding hydrogens is 210 g/mol. The van der Waals surface area contributed by atoms with E-state index in [4.69, 9.17) is 11.6 Å². The van der Waals surface area contributed by atoms with Crippen molar-refractivity contribution in [3.05, 3.63) is 23.7 Å². The van der Waals surface area contributed by atoms with Gasteiger partial charge >= 0.3 is 0 Å². The molecule has 0 bridgehead atoms. The van der Waals surface area contributed by atoms with Crippen LogP contribution in [0.1, 0.15) is 24.2 Å². The first kappa shape index (κ1) is 10.4. The molecule has 15 heavy (non-hydrogen) atoms. The summed E-state index contributed by atoms with van der Waals surface area (Å²) in [6.45, 7) is 2.06. The number of aryl methyl sites for hydroxylation is 2. The van der Waals surface area contributed by atoms with Gasteiger partial charge in [0.2, 0.25) is 0 Å². The first-order chi connectivity index (χ1) is 7.31. The summed E-state index contributed by atoms with van der Waals surface area (Å²) in [5, 5.41) is 0. The Bertz CT molecular complexity index is 450. The topological polar surface area (TPSA) is 41.6 Å². The highest BCUT2D eigenvalue weighted by Crippen LogP contribution is 2.14. The van der Waals surface area contributed by atoms with Gasteiger partial charge in [0.25, 0.3) is 0 Å². The summed E-state index contributed by atoms with van der Waals surface area (Å²) in [6.07, 6.45) is 4.84. The molecule has 0 aromatic carbocycles. The minimum Gasteiger partial charge on any atom is -0.340 e. The molecule has 0 spiro atoms. The van der Waals surface area contributed by atoms with Crippen molar-refractivity contribution in [2.45, 2.75) is 26.2 Å². The monoisotopic (exact) mass is 223 g/mol. The summed E-state index contributed by atoms with van der Waals surface area (Å²) in [5.74, 6) is 1.73. The predicted octanol–water partition coefficient (Wildman–Crippen LogP) is 2.83. The fraction of sp³-hybridized carbons (Fsp3) is 0.455. The van der Waals surface area contributed by atoms with E-state index in [9.17, 15) is 0 Å². The Hall–Kier alpha value is -1.09. The Kier molecular flexibility index (Phi) is 3.21. The number of pyridine rings is 1. The summed E-state index contributed by atoms with van der Waals surface area (Å²) in [5.41, 5.74) is 3.06. The van der Waals surface area contributed by atoms with Gasteiger partial charge in [-0.3, -0.25) is 0 Å². The number of imidazole rings is 1. The van der Waals surface area contributed by atoms with Crippen molar-refractivity contribution >= 4 is 22.8 Å². The number of nitrogens with one attached hydrogen (secondary N) is 1. The van der Waals surface area contributed by atoms with Crippen molar-refractivity contribution in [3.8, 4) is 0 Å². The molecule has 0 fully saturated rings. The van der Waals surface area contributed by atoms with Gasteiger partial charge in [-0.05, 0) is 31.4 Å². The zero-order chi connectivity index (χ0) is 10.7. The zero-order valence-corrected chi connectivity index (χ0v) is 9.51. The van der Waals surface area contributed by atoms with Gasteiger partial charge in [-0.2, -0.15) is 0 Å². The van der Waals surface area contributed by atoms with E-state index in [0.29, 0.717) is 0 Å². The molecule has 0 aliphatic carbocycles. The third-order valence-electron chi connectivity index (χ3n) is 2.45. The van der Waals surface area contributed by atoms with Crippen LogP contribution in [-0.2, 0) is 6.42 Å². The van der Waals surface area contributed by atoms with Gasteiger partial charge in [0.1, 0.15) is 5.82 Å². The lowest BCUT2D eigenvalue weighted by Crippen LogP contribution is -1.88. The van der Waals surface area contributed by atoms with Crippen LogP contribution in [0.2, 0.25) is 0 Å². The number of unbranched alkanes of at least 4 members (excludes halogenated alkanes) is 1. The molecule has 80 valence electrons. The first-order valence-corrected chi connectivity index (χ1v) is 5.71. The lowest BCUT2D eigenvalue weighted by atomic mass is 10.2. The van der Waals surface area contributed by atoms with Gasteiger partial charge in [0, 0.05) is 18.5 Å². The lowest BCUT2D eigenvalue weighted by molar-refractivity contribution is 0.768. The summed E-state index contributed by atoms with van der Waals surface area (Å²) in [4.78, 5) is 12.0. The highest BCUT2D eigenvalue weighted by atomic mass is 35.5. The number of halogens is 1. The van der Waals surface area contributed by atoms with E-state index in [1.807, 2.05) is 6.07 Å². The second-order valence-electron chi connectivity index (χ2n) is 3.66. The van der Waals surface area contributed by atoms with E-state index in [-0.39, 0.29) is 0 Å². The molecule has 0 aliphatic rings. The van der Waals surface area contributed by atoms with E-state index in [0.717, 1.165) is 42.1 Å². The maximum absolute atomic E-state index is 5.63. The predicted molar refractivity (Wildman–Crippen MR) is 62.3 cm³/mol. The minimum atomic E-state index is 0.720. The Morgan fingerprint density at radius 3 is 3.00 bits per heavy atom. The van der Waals surface area contributed by atoms with Gasteiger partial charge in [-0.15, -0.1) is 11.6 Å². The SMILES string of the molecule is Cc1ccnc2nc(CCCCCl)[nH]c12. The van der Waals surface area contributed by atoms with Crippen LogP contribution in [0.3, 0.4) is 0 Å². The van der Waals surface area contributed by atoms with E-state index in [2.05, 4.69) is 21.9 Å². The third kappa shape index (κ3) is 2.29. The standard InChI is InChI=1S/C11H14ClN3/c1-8-5-7-13-11-10(8)14-9(15-11)4-2-3-6-12/h5,7H,2-4,6H2,1H3,(H,13,14,15). The molecule has 0 amide bonds. The minimum absolute atomic E-state index is 0.720. The Balaban J connectivity index is 2.20. The number of fused-ring (bicyclic) bond motifs is 1. The van der Waals surface area contributed by atoms with Crippen molar-refractivity contribution in [2.24, 2.45) is 0 Å². The van der Waals surface area contributed by atoms with E-state index in [1.54, 1.807) is 6.20 Å². The molecule has 0 aliphatic heterocycles. The number of rotatable bonds is 4. The normalized spacial score (nSPS) is 11.1. The Morgan fingerprint density at radius 2 is 2.27 bits per heavy atom. The first-order valence-electron chi connectivity index (χ1n) is 5.17. The summed E-state index contributed by atoms with van der Waals surface area (Å²) >= 11 is 5.63. The quantitative estimate of drug-likeness (QED) is 0.640. The molecule has 3 nitrogen and oxygen atoms in total. The average molecular weight is 224 g/mol. The van der Waals surface area contributed by atoms with Crippen molar-refractivity contribution < 1.29 is 0 Å². The van der Waals surface area contributed by atoms with Gasteiger partial charge in [0.15, 0.2) is 5.65 Å². The van der Waals surface area contributed by atoms with Crippen LogP contribution < -0.4 is 0 Å². The molecule has 2 aromatic rings. The molecule has 4 heteroatoms. The van der Waals surface area contributed by atoms with Gasteiger partial charge in [0.05, 0.1) is 5.52 Å². The number of aromatic nitrogens is 3. The number of hydrogen-bond donors (Lipinski definition) is 1. The van der Waals surface area contributed by atoms with Crippen LogP contribution in [0.5, 0.6) is 0 Å². The second kappa shape index (κ2) is 4.62. The largest absolute Gasteiger partial charge is 0.340 e. The molecule has 0 atom stereocenters. The highest BCUT2D eigenvalue weighted by molar-refractivity contribution is 6.17. The second-order valence-corrected chi connectivity index (χ2v) is 4.03. The highest BCUT2D eigenvalue weighted by Gasteiger charge is 2.04. The van der Waals surface area contributed by atoms with Gasteiger partial charge in [-0.1, -0.05) is 0 Å². The van der Waals surface area contributed by atoms with Crippen LogP contribution >= 0.6 is 11.6 Å². The number of nitrogens with zero attached hydrogens (tertiary/aromatic N) is 2. The van der Waals surface area contributed by atoms with Gasteiger partial charge < -0.3 is 4.98 Å². The van der Waals surface area contributed by atoms with Crippen molar-refractivity contribution in [1.29, 1.82) is 0 Å². The Morgan fingerprint density at radius 1 is 1.40 bits per heavy atom. The van der Waals surface area contributed by atoms with Crippen molar-refractivity contribution in [1.82, 2.24) is 15.0 Å². The summed E-state index contributed by atoms with van der Waals surface area (Å²) in [7, 11) is 0. The van der Waals surface area contributed by atoms with Crippen LogP contribution in [-0.4, -0.2) is 20.8 Å². The summed E-state index contributed by atoms with van der Waals surface area (Å²) < 4.78 is 0. The van der Waals surface area contributed by atoms with Crippen LogP contribution in [0, 0.1) is 6.92 Å². The molecule has 2 rings (SSSR count). The smallest absolute Gasteiger partial charge is 0.177 e. The van der Waals surface area contributed by atoms with E-state index < -0.39 is 0 Å². The number of hydrogen-bond acceptors (Lipinski definition) is 2. The van der Waals surface area contributed by atoms with E-state index >= 15 is 0 Å². The molecule has 0 radical (unpaired) electrons. The molecule has 0 saturated heterocycles. The maximum Gasteiger partial charge on any atom is 0.177 e. The Labute approximate surface area is 93.9 Å². The number of alkyl halides is 1. The molecule has 2 aromatic heterocycles. The maximum atomic E-state index is 5.63. The fourth-order valence-corrected chi connectivity index (χ4v) is 1.78. The number of H-pyrrole nitrogens is 1. The van der Waals surface area contributed by atoms with Crippen LogP contribution in [0.4, 0.5) is 0 Å². The zero-order valence-electron chi connectivity index (χ0n) is 8.76. The summed E-state index contributed by atoms with van der Waals surface area (Å²) in [6, 6.07) is 1.99. The third-order valence-corrected chi connectivity index (χ3v) is 2.71. The van der Waals surface area contributed by atoms with E-state index in [1.165, 1.54) is 5.56 Å². The molecular formula is C11H14ClN3. The lowest BCUT2D eigenvalue weighted by Gasteiger charge is -1.93. The molecule has 0 saturated carbocycles.